The Morgan fingerprint density at radius 1 is 1.29 bits per heavy atom. The summed E-state index contributed by atoms with van der Waals surface area (Å²) in [5.41, 5.74) is 1.27. The van der Waals surface area contributed by atoms with Crippen LogP contribution in [0.2, 0.25) is 6.55 Å². The fraction of sp³-hybridized carbons (Fsp3) is 0.500. The summed E-state index contributed by atoms with van der Waals surface area (Å²) in [5, 5.41) is 0. The summed E-state index contributed by atoms with van der Waals surface area (Å²) in [4.78, 5) is 4.32. The van der Waals surface area contributed by atoms with E-state index in [2.05, 4.69) is 11.9 Å². The van der Waals surface area contributed by atoms with Crippen molar-refractivity contribution in [2.45, 2.75) is 19.0 Å². The molecule has 0 aliphatic heterocycles. The lowest BCUT2D eigenvalue weighted by molar-refractivity contribution is 0.239. The summed E-state index contributed by atoms with van der Waals surface area (Å²) in [5.74, 6) is 0. The van der Waals surface area contributed by atoms with Gasteiger partial charge in [0.05, 0.1) is 0 Å². The molecule has 0 fully saturated rings. The Morgan fingerprint density at radius 3 is 2.36 bits per heavy atom. The molecular formula is C10H17NO2Si. The minimum atomic E-state index is -2.10. The van der Waals surface area contributed by atoms with E-state index in [0.29, 0.717) is 0 Å². The Hall–Kier alpha value is -0.713. The minimum absolute atomic E-state index is 0.235. The van der Waals surface area contributed by atoms with Crippen molar-refractivity contribution < 1.29 is 8.85 Å². The molecule has 4 heteroatoms. The summed E-state index contributed by atoms with van der Waals surface area (Å²) in [7, 11) is 1.30. The molecule has 0 bridgehead atoms. The minimum Gasteiger partial charge on any atom is -0.397 e. The smallest absolute Gasteiger partial charge is 0.343 e. The van der Waals surface area contributed by atoms with E-state index < -0.39 is 8.56 Å². The monoisotopic (exact) mass is 211 g/mol. The van der Waals surface area contributed by atoms with Crippen molar-refractivity contribution in [1.29, 1.82) is 0 Å². The van der Waals surface area contributed by atoms with Crippen LogP contribution in [0.1, 0.15) is 18.2 Å². The van der Waals surface area contributed by atoms with Crippen LogP contribution < -0.4 is 0 Å². The summed E-state index contributed by atoms with van der Waals surface area (Å²) < 4.78 is 11.0. The average molecular weight is 211 g/mol. The highest BCUT2D eigenvalue weighted by Crippen LogP contribution is 2.25. The fourth-order valence-corrected chi connectivity index (χ4v) is 2.92. The second-order valence-electron chi connectivity index (χ2n) is 3.40. The highest BCUT2D eigenvalue weighted by atomic mass is 28.4. The van der Waals surface area contributed by atoms with Crippen LogP contribution in [0, 0.1) is 0 Å². The first-order valence-electron chi connectivity index (χ1n) is 4.65. The highest BCUT2D eigenvalue weighted by Gasteiger charge is 2.37. The van der Waals surface area contributed by atoms with Crippen LogP contribution in [-0.4, -0.2) is 27.8 Å². The van der Waals surface area contributed by atoms with Gasteiger partial charge in [0.1, 0.15) is 0 Å². The topological polar surface area (TPSA) is 31.4 Å². The zero-order valence-electron chi connectivity index (χ0n) is 9.15. The van der Waals surface area contributed by atoms with Crippen LogP contribution in [-0.2, 0) is 8.85 Å². The van der Waals surface area contributed by atoms with Crippen molar-refractivity contribution in [1.82, 2.24) is 4.98 Å². The Balaban J connectivity index is 2.89. The molecule has 0 aliphatic rings. The zero-order chi connectivity index (χ0) is 10.6. The van der Waals surface area contributed by atoms with Gasteiger partial charge in [0.25, 0.3) is 0 Å². The predicted molar refractivity (Wildman–Crippen MR) is 58.3 cm³/mol. The normalized spacial score (nSPS) is 14.0. The zero-order valence-corrected chi connectivity index (χ0v) is 10.2. The number of hydrogen-bond donors (Lipinski definition) is 0. The van der Waals surface area contributed by atoms with Crippen molar-refractivity contribution in [3.05, 3.63) is 30.1 Å². The third-order valence-corrected chi connectivity index (χ3v) is 6.22. The molecule has 0 aromatic carbocycles. The molecule has 1 heterocycles. The van der Waals surface area contributed by atoms with E-state index in [1.165, 1.54) is 0 Å². The van der Waals surface area contributed by atoms with Gasteiger partial charge >= 0.3 is 8.56 Å². The second-order valence-corrected chi connectivity index (χ2v) is 7.11. The van der Waals surface area contributed by atoms with E-state index in [0.717, 1.165) is 5.69 Å². The van der Waals surface area contributed by atoms with Crippen LogP contribution in [0.15, 0.2) is 24.4 Å². The highest BCUT2D eigenvalue weighted by molar-refractivity contribution is 6.67. The van der Waals surface area contributed by atoms with Crippen molar-refractivity contribution in [2.24, 2.45) is 0 Å². The van der Waals surface area contributed by atoms with Gasteiger partial charge in [-0.3, -0.25) is 4.98 Å². The van der Waals surface area contributed by atoms with Crippen molar-refractivity contribution in [3.8, 4) is 0 Å². The Labute approximate surface area is 86.3 Å². The van der Waals surface area contributed by atoms with Crippen molar-refractivity contribution in [2.75, 3.05) is 14.2 Å². The average Bonchev–Trinajstić information content (AvgIpc) is 2.28. The third kappa shape index (κ3) is 2.20. The first-order valence-corrected chi connectivity index (χ1v) is 7.04. The van der Waals surface area contributed by atoms with Gasteiger partial charge in [-0.15, -0.1) is 0 Å². The second kappa shape index (κ2) is 4.68. The molecule has 1 aromatic heterocycles. The molecule has 0 amide bonds. The van der Waals surface area contributed by atoms with Gasteiger partial charge in [0, 0.05) is 31.7 Å². The summed E-state index contributed by atoms with van der Waals surface area (Å²) in [6, 6.07) is 5.90. The lowest BCUT2D eigenvalue weighted by atomic mass is 10.3. The van der Waals surface area contributed by atoms with E-state index in [4.69, 9.17) is 8.85 Å². The maximum absolute atomic E-state index is 5.48. The third-order valence-electron chi connectivity index (χ3n) is 2.73. The van der Waals surface area contributed by atoms with E-state index in [9.17, 15) is 0 Å². The van der Waals surface area contributed by atoms with Crippen LogP contribution in [0.5, 0.6) is 0 Å². The van der Waals surface area contributed by atoms with Crippen molar-refractivity contribution >= 4 is 8.56 Å². The molecule has 0 spiro atoms. The SMILES string of the molecule is CO[Si](C)(OC)C(C)c1ccccn1. The molecule has 3 nitrogen and oxygen atoms in total. The van der Waals surface area contributed by atoms with Crippen LogP contribution in [0.25, 0.3) is 0 Å². The largest absolute Gasteiger partial charge is 0.397 e. The molecular weight excluding hydrogens is 194 g/mol. The molecule has 14 heavy (non-hydrogen) atoms. The summed E-state index contributed by atoms with van der Waals surface area (Å²) >= 11 is 0. The van der Waals surface area contributed by atoms with Gasteiger partial charge in [-0.1, -0.05) is 13.0 Å². The molecule has 0 saturated heterocycles. The number of nitrogens with zero attached hydrogens (tertiary/aromatic N) is 1. The maximum Gasteiger partial charge on any atom is 0.343 e. The molecule has 0 N–H and O–H groups in total. The first kappa shape index (κ1) is 11.4. The number of aromatic nitrogens is 1. The molecule has 1 rings (SSSR count). The summed E-state index contributed by atoms with van der Waals surface area (Å²) in [6.07, 6.45) is 1.80. The molecule has 0 radical (unpaired) electrons. The molecule has 1 unspecified atom stereocenters. The lowest BCUT2D eigenvalue weighted by Gasteiger charge is -2.28. The lowest BCUT2D eigenvalue weighted by Crippen LogP contribution is -2.42. The van der Waals surface area contributed by atoms with E-state index in [1.54, 1.807) is 20.4 Å². The van der Waals surface area contributed by atoms with Gasteiger partial charge in [-0.2, -0.15) is 0 Å². The Morgan fingerprint density at radius 2 is 1.93 bits per heavy atom. The van der Waals surface area contributed by atoms with E-state index in [1.807, 2.05) is 24.7 Å². The maximum atomic E-state index is 5.48. The fourth-order valence-electron chi connectivity index (χ4n) is 1.34. The number of rotatable bonds is 4. The quantitative estimate of drug-likeness (QED) is 0.715. The standard InChI is InChI=1S/C10H17NO2Si/c1-9(14(4,12-2)13-3)10-7-5-6-8-11-10/h5-9H,1-4H3. The molecule has 0 aliphatic carbocycles. The van der Waals surface area contributed by atoms with Gasteiger partial charge in [-0.05, 0) is 18.7 Å². The van der Waals surface area contributed by atoms with Crippen molar-refractivity contribution in [3.63, 3.8) is 0 Å². The number of hydrogen-bond acceptors (Lipinski definition) is 3. The summed E-state index contributed by atoms with van der Waals surface area (Å²) in [6.45, 7) is 4.15. The number of pyridine rings is 1. The van der Waals surface area contributed by atoms with Crippen LogP contribution in [0.3, 0.4) is 0 Å². The Kier molecular flexibility index (Phi) is 3.80. The predicted octanol–water partition coefficient (Wildman–Crippen LogP) is 2.09. The van der Waals surface area contributed by atoms with Gasteiger partial charge in [-0.25, -0.2) is 0 Å². The van der Waals surface area contributed by atoms with E-state index >= 15 is 0 Å². The Bertz CT molecular complexity index is 275. The molecule has 78 valence electrons. The molecule has 1 aromatic rings. The molecule has 1 atom stereocenters. The van der Waals surface area contributed by atoms with Gasteiger partial charge in [0.2, 0.25) is 0 Å². The van der Waals surface area contributed by atoms with Crippen LogP contribution in [0.4, 0.5) is 0 Å². The van der Waals surface area contributed by atoms with E-state index in [-0.39, 0.29) is 5.54 Å². The van der Waals surface area contributed by atoms with Gasteiger partial charge < -0.3 is 8.85 Å². The molecule has 0 saturated carbocycles. The first-order chi connectivity index (χ1) is 6.64. The van der Waals surface area contributed by atoms with Crippen LogP contribution >= 0.6 is 0 Å². The van der Waals surface area contributed by atoms with Gasteiger partial charge in [0.15, 0.2) is 0 Å².